The molecular weight excluding hydrogens is 597 g/mol. The van der Waals surface area contributed by atoms with E-state index in [0.717, 1.165) is 27.5 Å². The smallest absolute Gasteiger partial charge is 0.449 e. The lowest BCUT2D eigenvalue weighted by Crippen LogP contribution is -2.12. The summed E-state index contributed by atoms with van der Waals surface area (Å²) in [6, 6.07) is 27.1. The van der Waals surface area contributed by atoms with Crippen molar-refractivity contribution in [2.75, 3.05) is 0 Å². The molecule has 0 unspecified atom stereocenters. The zero-order valence-corrected chi connectivity index (χ0v) is 30.6. The van der Waals surface area contributed by atoms with E-state index in [1.807, 2.05) is 30.3 Å². The van der Waals surface area contributed by atoms with Crippen molar-refractivity contribution in [3.8, 4) is 0 Å². The topological polar surface area (TPSA) is 46.5 Å². The molecule has 0 aliphatic heterocycles. The van der Waals surface area contributed by atoms with Crippen LogP contribution in [0.4, 0.5) is 4.79 Å². The second-order valence-corrected chi connectivity index (χ2v) is 16.1. The lowest BCUT2D eigenvalue weighted by molar-refractivity contribution is 0.150. The van der Waals surface area contributed by atoms with Crippen LogP contribution in [0.3, 0.4) is 0 Å². The van der Waals surface area contributed by atoms with Gasteiger partial charge in [-0.25, -0.2) is 4.79 Å². The highest BCUT2D eigenvalue weighted by molar-refractivity contribution is 8.30. The molecule has 3 aromatic carbocycles. The van der Waals surface area contributed by atoms with E-state index in [2.05, 4.69) is 62.4 Å². The zero-order valence-electron chi connectivity index (χ0n) is 29.7. The highest BCUT2D eigenvalue weighted by atomic mass is 32.3. The molecular formula is C43H64O3S. The Morgan fingerprint density at radius 3 is 1.13 bits per heavy atom. The monoisotopic (exact) mass is 660 g/mol. The number of hydrogen-bond donors (Lipinski definition) is 1. The van der Waals surface area contributed by atoms with Crippen LogP contribution in [0, 0.1) is 0 Å². The van der Waals surface area contributed by atoms with Gasteiger partial charge in [0.25, 0.3) is 0 Å². The largest absolute Gasteiger partial charge is 0.517 e. The van der Waals surface area contributed by atoms with Crippen molar-refractivity contribution in [1.82, 2.24) is 0 Å². The summed E-state index contributed by atoms with van der Waals surface area (Å²) in [6.07, 6.45) is 27.5. The lowest BCUT2D eigenvalue weighted by atomic mass is 10.0. The van der Waals surface area contributed by atoms with Crippen LogP contribution < -0.4 is 0 Å². The predicted molar refractivity (Wildman–Crippen MR) is 202 cm³/mol. The molecule has 0 amide bonds. The number of hydrogen-bond acceptors (Lipinski definition) is 2. The van der Waals surface area contributed by atoms with Gasteiger partial charge in [-0.05, 0) is 83.5 Å². The van der Waals surface area contributed by atoms with Gasteiger partial charge in [-0.2, -0.15) is 0 Å². The van der Waals surface area contributed by atoms with Crippen LogP contribution in [0.5, 0.6) is 0 Å². The van der Waals surface area contributed by atoms with Gasteiger partial charge in [0.15, 0.2) is 0 Å². The normalized spacial score (nSPS) is 11.9. The van der Waals surface area contributed by atoms with E-state index >= 15 is 0 Å². The zero-order chi connectivity index (χ0) is 33.4. The quantitative estimate of drug-likeness (QED) is 0.0872. The average Bonchev–Trinajstić information content (AvgIpc) is 3.10. The second-order valence-electron chi connectivity index (χ2n) is 13.4. The number of benzene rings is 3. The van der Waals surface area contributed by atoms with Crippen molar-refractivity contribution in [3.63, 3.8) is 0 Å². The number of rotatable bonds is 26. The van der Waals surface area contributed by atoms with Crippen molar-refractivity contribution in [2.45, 2.75) is 170 Å². The lowest BCUT2D eigenvalue weighted by Gasteiger charge is -2.38. The maximum atomic E-state index is 12.3. The Balaban J connectivity index is 1.60. The van der Waals surface area contributed by atoms with Crippen LogP contribution in [0.1, 0.15) is 153 Å². The molecule has 4 heteroatoms. The summed E-state index contributed by atoms with van der Waals surface area (Å²) < 4.78 is 6.01. The maximum Gasteiger partial charge on any atom is 0.517 e. The van der Waals surface area contributed by atoms with Gasteiger partial charge < -0.3 is 9.29 Å². The number of carboxylic acid groups (broad SMARTS) is 1. The average molecular weight is 661 g/mol. The van der Waals surface area contributed by atoms with E-state index in [1.54, 1.807) is 0 Å². The van der Waals surface area contributed by atoms with Crippen molar-refractivity contribution in [3.05, 3.63) is 90.0 Å². The molecule has 47 heavy (non-hydrogen) atoms. The van der Waals surface area contributed by atoms with Gasteiger partial charge in [0, 0.05) is 14.7 Å². The molecule has 0 aliphatic carbocycles. The van der Waals surface area contributed by atoms with Gasteiger partial charge in [-0.15, -0.1) is 0 Å². The summed E-state index contributed by atoms with van der Waals surface area (Å²) in [5.41, 5.74) is 2.61. The Labute approximate surface area is 289 Å². The second kappa shape index (κ2) is 23.6. The standard InChI is InChI=1S/C43H64O3S/c1-3-5-7-9-11-13-15-17-19-22-26-38-30-34-41(35-31-38)47(46-43(44)45,40-28-24-21-25-29-40)42-36-32-39(33-37-42)27-23-20-18-16-14-12-10-8-6-4-2/h21,24-25,28-37H,3-20,22-23,26-27H2,1-2H3,(H,44,45). The van der Waals surface area contributed by atoms with Crippen LogP contribution in [0.15, 0.2) is 93.5 Å². The van der Waals surface area contributed by atoms with Crippen molar-refractivity contribution < 1.29 is 14.1 Å². The fourth-order valence-corrected chi connectivity index (χ4v) is 9.50. The van der Waals surface area contributed by atoms with E-state index < -0.39 is 16.5 Å². The Morgan fingerprint density at radius 1 is 0.468 bits per heavy atom. The first kappa shape index (κ1) is 38.7. The highest BCUT2D eigenvalue weighted by Crippen LogP contribution is 2.69. The van der Waals surface area contributed by atoms with Gasteiger partial charge in [-0.1, -0.05) is 172 Å². The molecule has 0 aliphatic rings. The van der Waals surface area contributed by atoms with Gasteiger partial charge in [0.1, 0.15) is 0 Å². The minimum Gasteiger partial charge on any atom is -0.449 e. The number of carbonyl (C=O) groups is 1. The van der Waals surface area contributed by atoms with E-state index in [0.29, 0.717) is 0 Å². The third-order valence-corrected chi connectivity index (χ3v) is 12.6. The van der Waals surface area contributed by atoms with E-state index in [4.69, 9.17) is 4.18 Å². The summed E-state index contributed by atoms with van der Waals surface area (Å²) >= 11 is 0. The van der Waals surface area contributed by atoms with E-state index in [1.165, 1.54) is 140 Å². The van der Waals surface area contributed by atoms with Gasteiger partial charge in [0.05, 0.1) is 0 Å². The summed E-state index contributed by atoms with van der Waals surface area (Å²) in [4.78, 5) is 15.0. The fraction of sp³-hybridized carbons (Fsp3) is 0.558. The SMILES string of the molecule is CCCCCCCCCCCCc1ccc(S(OC(=O)O)(c2ccccc2)c2ccc(CCCCCCCCCCCC)cc2)cc1. The van der Waals surface area contributed by atoms with Crippen molar-refractivity contribution >= 4 is 16.5 Å². The van der Waals surface area contributed by atoms with Crippen LogP contribution in [0.25, 0.3) is 0 Å². The summed E-state index contributed by atoms with van der Waals surface area (Å²) in [5.74, 6) is 0. The summed E-state index contributed by atoms with van der Waals surface area (Å²) in [6.45, 7) is 4.55. The minimum atomic E-state index is -2.45. The molecule has 0 saturated carbocycles. The fourth-order valence-electron chi connectivity index (χ4n) is 6.60. The maximum absolute atomic E-state index is 12.3. The molecule has 260 valence electrons. The van der Waals surface area contributed by atoms with Gasteiger partial charge in [0.2, 0.25) is 0 Å². The number of aryl methyl sites for hydroxylation is 2. The molecule has 1 N–H and O–H groups in total. The number of unbranched alkanes of at least 4 members (excludes halogenated alkanes) is 18. The Morgan fingerprint density at radius 2 is 0.787 bits per heavy atom. The molecule has 0 bridgehead atoms. The predicted octanol–water partition coefficient (Wildman–Crippen LogP) is 14.5. The molecule has 0 heterocycles. The van der Waals surface area contributed by atoms with Crippen molar-refractivity contribution in [2.24, 2.45) is 0 Å². The molecule has 0 spiro atoms. The minimum absolute atomic E-state index is 0.896. The highest BCUT2D eigenvalue weighted by Gasteiger charge is 2.35. The molecule has 0 saturated heterocycles. The summed E-state index contributed by atoms with van der Waals surface area (Å²) in [7, 11) is -2.45. The van der Waals surface area contributed by atoms with Crippen LogP contribution in [0.2, 0.25) is 0 Å². The van der Waals surface area contributed by atoms with Gasteiger partial charge >= 0.3 is 6.16 Å². The molecule has 0 atom stereocenters. The first-order valence-electron chi connectivity index (χ1n) is 19.1. The van der Waals surface area contributed by atoms with Crippen LogP contribution in [-0.2, 0) is 17.0 Å². The Hall–Kier alpha value is -2.72. The van der Waals surface area contributed by atoms with Gasteiger partial charge in [-0.3, -0.25) is 0 Å². The first-order valence-corrected chi connectivity index (χ1v) is 20.6. The third-order valence-electron chi connectivity index (χ3n) is 9.42. The molecule has 3 aromatic rings. The van der Waals surface area contributed by atoms with Crippen molar-refractivity contribution in [1.29, 1.82) is 0 Å². The third kappa shape index (κ3) is 14.1. The van der Waals surface area contributed by atoms with E-state index in [9.17, 15) is 9.90 Å². The molecule has 3 rings (SSSR count). The first-order chi connectivity index (χ1) is 23.1. The molecule has 0 radical (unpaired) electrons. The Bertz CT molecular complexity index is 1140. The summed E-state index contributed by atoms with van der Waals surface area (Å²) in [5, 5.41) is 10.1. The molecule has 0 aromatic heterocycles. The van der Waals surface area contributed by atoms with E-state index in [-0.39, 0.29) is 0 Å². The molecule has 0 fully saturated rings. The van der Waals surface area contributed by atoms with Crippen LogP contribution >= 0.6 is 10.3 Å². The molecule has 3 nitrogen and oxygen atoms in total. The van der Waals surface area contributed by atoms with Crippen LogP contribution in [-0.4, -0.2) is 11.3 Å². The Kier molecular flexibility index (Phi) is 19.4.